The van der Waals surface area contributed by atoms with Crippen LogP contribution in [0.25, 0.3) is 0 Å². The molecule has 1 aromatic rings. The summed E-state index contributed by atoms with van der Waals surface area (Å²) in [5.41, 5.74) is 1.28. The first-order valence-corrected chi connectivity index (χ1v) is 9.44. The first-order valence-electron chi connectivity index (χ1n) is 9.44. The van der Waals surface area contributed by atoms with E-state index in [1.807, 2.05) is 12.1 Å². The van der Waals surface area contributed by atoms with Gasteiger partial charge in [-0.05, 0) is 56.0 Å². The minimum atomic E-state index is -0.00989. The number of ether oxygens (including phenoxy) is 1. The highest BCUT2D eigenvalue weighted by atomic mass is 16.5. The number of amides is 2. The van der Waals surface area contributed by atoms with Crippen molar-refractivity contribution in [2.24, 2.45) is 5.92 Å². The van der Waals surface area contributed by atoms with Crippen LogP contribution >= 0.6 is 0 Å². The minimum absolute atomic E-state index is 0.00989. The number of rotatable bonds is 6. The van der Waals surface area contributed by atoms with Crippen molar-refractivity contribution in [2.75, 3.05) is 33.3 Å². The van der Waals surface area contributed by atoms with Gasteiger partial charge in [0, 0.05) is 19.0 Å². The highest BCUT2D eigenvalue weighted by Gasteiger charge is 2.46. The van der Waals surface area contributed by atoms with Gasteiger partial charge in [-0.1, -0.05) is 26.0 Å². The Morgan fingerprint density at radius 1 is 1.20 bits per heavy atom. The molecule has 1 aromatic carbocycles. The van der Waals surface area contributed by atoms with Crippen molar-refractivity contribution < 1.29 is 9.53 Å². The molecule has 2 N–H and O–H groups in total. The Hall–Kier alpha value is -1.75. The maximum Gasteiger partial charge on any atom is 0.318 e. The van der Waals surface area contributed by atoms with Crippen molar-refractivity contribution in [3.8, 4) is 5.75 Å². The molecule has 138 valence electrons. The van der Waals surface area contributed by atoms with Crippen LogP contribution in [-0.2, 0) is 0 Å². The lowest BCUT2D eigenvalue weighted by molar-refractivity contribution is 0.117. The Balaban J connectivity index is 1.81. The SMILES string of the molecule is COc1ccc(C(CC(C)C)CN2C(=O)NCC23CCNCC3)cc1. The van der Waals surface area contributed by atoms with Gasteiger partial charge >= 0.3 is 6.03 Å². The predicted molar refractivity (Wildman–Crippen MR) is 100 cm³/mol. The summed E-state index contributed by atoms with van der Waals surface area (Å²) in [7, 11) is 1.69. The molecule has 1 atom stereocenters. The van der Waals surface area contributed by atoms with E-state index >= 15 is 0 Å². The van der Waals surface area contributed by atoms with Gasteiger partial charge in [0.1, 0.15) is 5.75 Å². The van der Waals surface area contributed by atoms with Crippen molar-refractivity contribution in [1.29, 1.82) is 0 Å². The van der Waals surface area contributed by atoms with Crippen molar-refractivity contribution in [3.05, 3.63) is 29.8 Å². The van der Waals surface area contributed by atoms with Crippen LogP contribution in [0, 0.1) is 5.92 Å². The maximum absolute atomic E-state index is 12.6. The Labute approximate surface area is 151 Å². The summed E-state index contributed by atoms with van der Waals surface area (Å²) in [6, 6.07) is 8.44. The number of hydrogen-bond donors (Lipinski definition) is 2. The molecule has 2 aliphatic heterocycles. The summed E-state index contributed by atoms with van der Waals surface area (Å²) < 4.78 is 5.29. The largest absolute Gasteiger partial charge is 0.497 e. The molecular formula is C20H31N3O2. The molecule has 2 aliphatic rings. The normalized spacial score (nSPS) is 20.8. The molecule has 1 unspecified atom stereocenters. The van der Waals surface area contributed by atoms with Gasteiger partial charge in [0.05, 0.1) is 12.6 Å². The molecule has 0 aromatic heterocycles. The lowest BCUT2D eigenvalue weighted by Gasteiger charge is -2.42. The number of nitrogens with zero attached hydrogens (tertiary/aromatic N) is 1. The number of piperidine rings is 1. The number of carbonyl (C=O) groups excluding carboxylic acids is 1. The van der Waals surface area contributed by atoms with Crippen molar-refractivity contribution in [1.82, 2.24) is 15.5 Å². The van der Waals surface area contributed by atoms with Crippen LogP contribution in [0.1, 0.15) is 44.6 Å². The van der Waals surface area contributed by atoms with E-state index in [4.69, 9.17) is 4.74 Å². The van der Waals surface area contributed by atoms with E-state index in [1.54, 1.807) is 7.11 Å². The first kappa shape index (κ1) is 18.1. The van der Waals surface area contributed by atoms with Crippen LogP contribution in [0.2, 0.25) is 0 Å². The summed E-state index contributed by atoms with van der Waals surface area (Å²) in [5, 5.41) is 6.52. The molecule has 5 heteroatoms. The molecular weight excluding hydrogens is 314 g/mol. The smallest absolute Gasteiger partial charge is 0.318 e. The molecule has 0 saturated carbocycles. The highest BCUT2D eigenvalue weighted by molar-refractivity contribution is 5.78. The average Bonchev–Trinajstić information content (AvgIpc) is 2.91. The molecule has 1 spiro atoms. The van der Waals surface area contributed by atoms with E-state index in [2.05, 4.69) is 41.5 Å². The predicted octanol–water partition coefficient (Wildman–Crippen LogP) is 2.97. The summed E-state index contributed by atoms with van der Waals surface area (Å²) >= 11 is 0. The van der Waals surface area contributed by atoms with Crippen LogP contribution < -0.4 is 15.4 Å². The quantitative estimate of drug-likeness (QED) is 0.833. The second kappa shape index (κ2) is 7.65. The fraction of sp³-hybridized carbons (Fsp3) is 0.650. The van der Waals surface area contributed by atoms with E-state index in [9.17, 15) is 4.79 Å². The number of benzene rings is 1. The van der Waals surface area contributed by atoms with E-state index in [0.29, 0.717) is 11.8 Å². The molecule has 0 aliphatic carbocycles. The Morgan fingerprint density at radius 3 is 2.48 bits per heavy atom. The Morgan fingerprint density at radius 2 is 1.88 bits per heavy atom. The van der Waals surface area contributed by atoms with Crippen LogP contribution in [-0.4, -0.2) is 49.8 Å². The van der Waals surface area contributed by atoms with E-state index in [-0.39, 0.29) is 11.6 Å². The van der Waals surface area contributed by atoms with Gasteiger partial charge in [-0.15, -0.1) is 0 Å². The zero-order valence-corrected chi connectivity index (χ0v) is 15.7. The summed E-state index contributed by atoms with van der Waals surface area (Å²) in [6.07, 6.45) is 3.13. The van der Waals surface area contributed by atoms with Gasteiger partial charge in [-0.2, -0.15) is 0 Å². The molecule has 5 nitrogen and oxygen atoms in total. The van der Waals surface area contributed by atoms with Gasteiger partial charge in [-0.3, -0.25) is 0 Å². The molecule has 2 amide bonds. The van der Waals surface area contributed by atoms with Crippen molar-refractivity contribution in [2.45, 2.75) is 44.6 Å². The third kappa shape index (κ3) is 3.92. The molecule has 2 saturated heterocycles. The van der Waals surface area contributed by atoms with Crippen LogP contribution in [0.4, 0.5) is 4.79 Å². The van der Waals surface area contributed by atoms with Crippen LogP contribution in [0.3, 0.4) is 0 Å². The van der Waals surface area contributed by atoms with E-state index in [0.717, 1.165) is 51.2 Å². The fourth-order valence-corrected chi connectivity index (χ4v) is 4.24. The highest BCUT2D eigenvalue weighted by Crippen LogP contribution is 2.34. The van der Waals surface area contributed by atoms with E-state index in [1.165, 1.54) is 5.56 Å². The van der Waals surface area contributed by atoms with Gasteiger partial charge < -0.3 is 20.3 Å². The minimum Gasteiger partial charge on any atom is -0.497 e. The third-order valence-electron chi connectivity index (χ3n) is 5.67. The average molecular weight is 345 g/mol. The Bertz CT molecular complexity index is 579. The number of carbonyl (C=O) groups is 1. The first-order chi connectivity index (χ1) is 12.0. The second-order valence-electron chi connectivity index (χ2n) is 7.84. The monoisotopic (exact) mass is 345 g/mol. The topological polar surface area (TPSA) is 53.6 Å². The lowest BCUT2D eigenvalue weighted by Crippen LogP contribution is -2.54. The molecule has 0 bridgehead atoms. The number of urea groups is 1. The maximum atomic E-state index is 12.6. The molecule has 2 fully saturated rings. The number of methoxy groups -OCH3 is 1. The van der Waals surface area contributed by atoms with Crippen molar-refractivity contribution in [3.63, 3.8) is 0 Å². The van der Waals surface area contributed by atoms with Gasteiger partial charge in [0.2, 0.25) is 0 Å². The number of hydrogen-bond acceptors (Lipinski definition) is 3. The van der Waals surface area contributed by atoms with Gasteiger partial charge in [0.25, 0.3) is 0 Å². The fourth-order valence-electron chi connectivity index (χ4n) is 4.24. The molecule has 25 heavy (non-hydrogen) atoms. The van der Waals surface area contributed by atoms with Crippen LogP contribution in [0.5, 0.6) is 5.75 Å². The standard InChI is InChI=1S/C20H31N3O2/c1-15(2)12-17(16-4-6-18(25-3)7-5-16)13-23-19(24)22-14-20(23)8-10-21-11-9-20/h4-7,15,17,21H,8-14H2,1-3H3,(H,22,24). The molecule has 3 rings (SSSR count). The van der Waals surface area contributed by atoms with E-state index < -0.39 is 0 Å². The summed E-state index contributed by atoms with van der Waals surface area (Å²) in [4.78, 5) is 14.7. The summed E-state index contributed by atoms with van der Waals surface area (Å²) in [5.74, 6) is 1.81. The Kier molecular flexibility index (Phi) is 5.52. The molecule has 0 radical (unpaired) electrons. The number of nitrogens with one attached hydrogen (secondary N) is 2. The van der Waals surface area contributed by atoms with Gasteiger partial charge in [0.15, 0.2) is 0 Å². The van der Waals surface area contributed by atoms with Gasteiger partial charge in [-0.25, -0.2) is 4.79 Å². The lowest BCUT2D eigenvalue weighted by atomic mass is 9.84. The zero-order chi connectivity index (χ0) is 17.9. The van der Waals surface area contributed by atoms with Crippen LogP contribution in [0.15, 0.2) is 24.3 Å². The van der Waals surface area contributed by atoms with Crippen molar-refractivity contribution >= 4 is 6.03 Å². The zero-order valence-electron chi connectivity index (χ0n) is 15.7. The summed E-state index contributed by atoms with van der Waals surface area (Å²) in [6.45, 7) is 8.05. The molecule has 2 heterocycles. The second-order valence-corrected chi connectivity index (χ2v) is 7.84. The third-order valence-corrected chi connectivity index (χ3v) is 5.67.